The van der Waals surface area contributed by atoms with E-state index in [1.54, 1.807) is 0 Å². The van der Waals surface area contributed by atoms with Crippen LogP contribution in [0.1, 0.15) is 30.7 Å². The van der Waals surface area contributed by atoms with Crippen LogP contribution in [-0.2, 0) is 0 Å². The fourth-order valence-electron chi connectivity index (χ4n) is 2.79. The van der Waals surface area contributed by atoms with Crippen molar-refractivity contribution in [2.75, 3.05) is 19.7 Å². The molecule has 0 radical (unpaired) electrons. The van der Waals surface area contributed by atoms with Gasteiger partial charge in [0, 0.05) is 37.0 Å². The third-order valence-corrected chi connectivity index (χ3v) is 3.99. The zero-order valence-electron chi connectivity index (χ0n) is 11.1. The Kier molecular flexibility index (Phi) is 3.42. The zero-order chi connectivity index (χ0) is 13.2. The van der Waals surface area contributed by atoms with Gasteiger partial charge in [0.2, 0.25) is 0 Å². The number of nitrogens with one attached hydrogen (secondary N) is 1. The van der Waals surface area contributed by atoms with Crippen LogP contribution in [0.5, 0.6) is 5.75 Å². The van der Waals surface area contributed by atoms with E-state index in [4.69, 9.17) is 15.9 Å². The summed E-state index contributed by atoms with van der Waals surface area (Å²) in [5.74, 6) is 1.78. The number of hydrogen-bond donors (Lipinski definition) is 2. The van der Waals surface area contributed by atoms with Crippen molar-refractivity contribution in [2.24, 2.45) is 5.73 Å². The molecule has 0 amide bonds. The molecule has 102 valence electrons. The molecule has 0 bridgehead atoms. The average Bonchev–Trinajstić information content (AvgIpc) is 3.17. The van der Waals surface area contributed by atoms with Gasteiger partial charge in [0.25, 0.3) is 0 Å². The number of para-hydroxylation sites is 1. The predicted octanol–water partition coefficient (Wildman–Crippen LogP) is 1.95. The molecule has 0 spiro atoms. The van der Waals surface area contributed by atoms with Crippen molar-refractivity contribution in [3.63, 3.8) is 0 Å². The molecular formula is C15H21N3O. The van der Waals surface area contributed by atoms with E-state index in [0.717, 1.165) is 25.4 Å². The number of nitrogens with two attached hydrogens (primary N) is 1. The van der Waals surface area contributed by atoms with Crippen LogP contribution in [0.2, 0.25) is 0 Å². The lowest BCUT2D eigenvalue weighted by atomic mass is 10.0. The van der Waals surface area contributed by atoms with Gasteiger partial charge in [0.15, 0.2) is 0 Å². The Hall–Kier alpha value is -1.55. The third kappa shape index (κ3) is 2.89. The molecule has 1 aromatic rings. The molecule has 1 aromatic carbocycles. The fourth-order valence-corrected chi connectivity index (χ4v) is 2.79. The van der Waals surface area contributed by atoms with Crippen LogP contribution in [0.4, 0.5) is 0 Å². The number of benzene rings is 1. The molecule has 3 rings (SSSR count). The van der Waals surface area contributed by atoms with Crippen LogP contribution in [-0.4, -0.2) is 36.5 Å². The molecule has 1 fully saturated rings. The Morgan fingerprint density at radius 3 is 2.89 bits per heavy atom. The van der Waals surface area contributed by atoms with Crippen molar-refractivity contribution >= 4 is 5.84 Å². The van der Waals surface area contributed by atoms with Gasteiger partial charge in [0.1, 0.15) is 5.75 Å². The Balaban J connectivity index is 1.64. The minimum atomic E-state index is 0.286. The summed E-state index contributed by atoms with van der Waals surface area (Å²) in [7, 11) is 0. The minimum absolute atomic E-state index is 0.286. The van der Waals surface area contributed by atoms with Crippen molar-refractivity contribution in [1.82, 2.24) is 4.90 Å². The first-order chi connectivity index (χ1) is 9.24. The van der Waals surface area contributed by atoms with Crippen molar-refractivity contribution in [3.8, 4) is 5.75 Å². The lowest BCUT2D eigenvalue weighted by Gasteiger charge is -2.24. The van der Waals surface area contributed by atoms with Gasteiger partial charge in [-0.05, 0) is 18.9 Å². The molecule has 19 heavy (non-hydrogen) atoms. The van der Waals surface area contributed by atoms with E-state index in [2.05, 4.69) is 17.0 Å². The monoisotopic (exact) mass is 259 g/mol. The van der Waals surface area contributed by atoms with Gasteiger partial charge in [-0.1, -0.05) is 18.2 Å². The molecule has 0 saturated heterocycles. The lowest BCUT2D eigenvalue weighted by Crippen LogP contribution is -2.34. The third-order valence-electron chi connectivity index (χ3n) is 3.99. The van der Waals surface area contributed by atoms with E-state index in [9.17, 15) is 0 Å². The smallest absolute Gasteiger partial charge is 0.122 e. The van der Waals surface area contributed by atoms with E-state index in [1.165, 1.54) is 18.4 Å². The Labute approximate surface area is 114 Å². The summed E-state index contributed by atoms with van der Waals surface area (Å²) in [5.41, 5.74) is 6.81. The minimum Gasteiger partial charge on any atom is -0.493 e. The molecule has 1 saturated carbocycles. The second-order valence-corrected chi connectivity index (χ2v) is 5.55. The standard InChI is InChI=1S/C15H21N3O/c16-15(17)7-8-18(12-5-6-12)9-11-10-19-14-4-2-1-3-13(11)14/h1-4,11-12H,5-10H2,(H3,16,17). The van der Waals surface area contributed by atoms with Gasteiger partial charge in [-0.15, -0.1) is 0 Å². The van der Waals surface area contributed by atoms with Gasteiger partial charge in [-0.3, -0.25) is 10.3 Å². The lowest BCUT2D eigenvalue weighted by molar-refractivity contribution is 0.229. The highest BCUT2D eigenvalue weighted by Crippen LogP contribution is 2.36. The van der Waals surface area contributed by atoms with Crippen molar-refractivity contribution in [3.05, 3.63) is 29.8 Å². The van der Waals surface area contributed by atoms with Crippen LogP contribution < -0.4 is 10.5 Å². The van der Waals surface area contributed by atoms with Gasteiger partial charge in [-0.25, -0.2) is 0 Å². The molecule has 3 N–H and O–H groups in total. The first-order valence-electron chi connectivity index (χ1n) is 7.02. The van der Waals surface area contributed by atoms with Crippen molar-refractivity contribution in [2.45, 2.75) is 31.2 Å². The van der Waals surface area contributed by atoms with E-state index in [0.29, 0.717) is 18.4 Å². The topological polar surface area (TPSA) is 62.3 Å². The molecule has 2 aliphatic rings. The summed E-state index contributed by atoms with van der Waals surface area (Å²) in [4.78, 5) is 2.48. The summed E-state index contributed by atoms with van der Waals surface area (Å²) >= 11 is 0. The number of rotatable bonds is 6. The highest BCUT2D eigenvalue weighted by Gasteiger charge is 2.33. The molecule has 4 nitrogen and oxygen atoms in total. The maximum atomic E-state index is 7.38. The number of fused-ring (bicyclic) bond motifs is 1. The first-order valence-corrected chi connectivity index (χ1v) is 7.02. The fraction of sp³-hybridized carbons (Fsp3) is 0.533. The van der Waals surface area contributed by atoms with E-state index >= 15 is 0 Å². The number of hydrogen-bond acceptors (Lipinski definition) is 3. The average molecular weight is 259 g/mol. The highest BCUT2D eigenvalue weighted by molar-refractivity contribution is 5.76. The Bertz CT molecular complexity index is 470. The maximum Gasteiger partial charge on any atom is 0.122 e. The zero-order valence-corrected chi connectivity index (χ0v) is 11.1. The molecule has 1 aliphatic carbocycles. The summed E-state index contributed by atoms with van der Waals surface area (Å²) in [6.07, 6.45) is 3.24. The van der Waals surface area contributed by atoms with Gasteiger partial charge in [0.05, 0.1) is 12.4 Å². The Morgan fingerprint density at radius 2 is 2.16 bits per heavy atom. The molecule has 1 atom stereocenters. The molecule has 1 aliphatic heterocycles. The van der Waals surface area contributed by atoms with E-state index in [-0.39, 0.29) is 5.84 Å². The maximum absolute atomic E-state index is 7.38. The molecule has 0 aromatic heterocycles. The van der Waals surface area contributed by atoms with Gasteiger partial charge < -0.3 is 10.5 Å². The molecular weight excluding hydrogens is 238 g/mol. The van der Waals surface area contributed by atoms with Gasteiger partial charge >= 0.3 is 0 Å². The number of amidine groups is 1. The SMILES string of the molecule is N=C(N)CCN(CC1COc2ccccc21)C1CC1. The molecule has 1 unspecified atom stereocenters. The summed E-state index contributed by atoms with van der Waals surface area (Å²) < 4.78 is 5.74. The number of ether oxygens (including phenoxy) is 1. The van der Waals surface area contributed by atoms with Crippen LogP contribution >= 0.6 is 0 Å². The number of nitrogens with zero attached hydrogens (tertiary/aromatic N) is 1. The second kappa shape index (κ2) is 5.21. The van der Waals surface area contributed by atoms with Crippen LogP contribution in [0.25, 0.3) is 0 Å². The van der Waals surface area contributed by atoms with Crippen molar-refractivity contribution < 1.29 is 4.74 Å². The van der Waals surface area contributed by atoms with E-state index < -0.39 is 0 Å². The first kappa shape index (κ1) is 12.5. The Morgan fingerprint density at radius 1 is 1.37 bits per heavy atom. The van der Waals surface area contributed by atoms with Gasteiger partial charge in [-0.2, -0.15) is 0 Å². The van der Waals surface area contributed by atoms with Crippen LogP contribution in [0.3, 0.4) is 0 Å². The largest absolute Gasteiger partial charge is 0.493 e. The summed E-state index contributed by atoms with van der Waals surface area (Å²) in [5, 5.41) is 7.38. The molecule has 4 heteroatoms. The quantitative estimate of drug-likeness (QED) is 0.606. The molecule has 1 heterocycles. The highest BCUT2D eigenvalue weighted by atomic mass is 16.5. The van der Waals surface area contributed by atoms with Crippen LogP contribution in [0, 0.1) is 5.41 Å². The normalized spacial score (nSPS) is 21.2. The second-order valence-electron chi connectivity index (χ2n) is 5.55. The van der Waals surface area contributed by atoms with E-state index in [1.807, 2.05) is 12.1 Å². The summed E-state index contributed by atoms with van der Waals surface area (Å²) in [6.45, 7) is 2.70. The predicted molar refractivity (Wildman–Crippen MR) is 75.8 cm³/mol. The van der Waals surface area contributed by atoms with Crippen molar-refractivity contribution in [1.29, 1.82) is 5.41 Å². The van der Waals surface area contributed by atoms with Crippen LogP contribution in [0.15, 0.2) is 24.3 Å². The summed E-state index contributed by atoms with van der Waals surface area (Å²) in [6, 6.07) is 9.02.